The molecule has 32 heavy (non-hydrogen) atoms. The second-order valence-electron chi connectivity index (χ2n) is 8.56. The molecule has 166 valence electrons. The molecule has 0 spiro atoms. The largest absolute Gasteiger partial charge is 0.506 e. The zero-order valence-corrected chi connectivity index (χ0v) is 18.0. The Morgan fingerprint density at radius 3 is 2.56 bits per heavy atom. The van der Waals surface area contributed by atoms with Crippen LogP contribution in [-0.4, -0.2) is 32.1 Å². The lowest BCUT2D eigenvalue weighted by Crippen LogP contribution is -2.29. The van der Waals surface area contributed by atoms with E-state index in [4.69, 9.17) is 9.15 Å². The number of fused-ring (bicyclic) bond motifs is 2. The first-order valence-corrected chi connectivity index (χ1v) is 10.1. The highest BCUT2D eigenvalue weighted by atomic mass is 16.5. The van der Waals surface area contributed by atoms with Crippen LogP contribution >= 0.6 is 0 Å². The third-order valence-corrected chi connectivity index (χ3v) is 5.55. The van der Waals surface area contributed by atoms with Crippen molar-refractivity contribution in [3.05, 3.63) is 64.0 Å². The van der Waals surface area contributed by atoms with Crippen LogP contribution in [0.5, 0.6) is 23.0 Å². The molecule has 1 atom stereocenters. The van der Waals surface area contributed by atoms with Crippen LogP contribution in [0, 0.1) is 0 Å². The Hall–Kier alpha value is -3.71. The van der Waals surface area contributed by atoms with E-state index in [2.05, 4.69) is 6.58 Å². The molecule has 0 bridgehead atoms. The van der Waals surface area contributed by atoms with E-state index < -0.39 is 17.1 Å². The molecule has 1 unspecified atom stereocenters. The van der Waals surface area contributed by atoms with Gasteiger partial charge in [-0.3, -0.25) is 4.79 Å². The summed E-state index contributed by atoms with van der Waals surface area (Å²) >= 11 is 0. The summed E-state index contributed by atoms with van der Waals surface area (Å²) in [4.78, 5) is 13.4. The molecule has 0 amide bonds. The molecule has 0 radical (unpaired) electrons. The van der Waals surface area contributed by atoms with Crippen LogP contribution < -0.4 is 10.2 Å². The van der Waals surface area contributed by atoms with Crippen molar-refractivity contribution in [1.29, 1.82) is 0 Å². The molecule has 4 N–H and O–H groups in total. The van der Waals surface area contributed by atoms with Crippen LogP contribution in [-0.2, 0) is 6.42 Å². The zero-order chi connectivity index (χ0) is 23.4. The Bertz CT molecular complexity index is 1340. The van der Waals surface area contributed by atoms with Gasteiger partial charge in [-0.25, -0.2) is 0 Å². The summed E-state index contributed by atoms with van der Waals surface area (Å²) in [5.74, 6) is -0.674. The summed E-state index contributed by atoms with van der Waals surface area (Å²) < 4.78 is 11.9. The Balaban J connectivity index is 2.04. The molecule has 2 aromatic carbocycles. The number of aromatic hydroxyl groups is 3. The average molecular weight is 436 g/mol. The molecule has 2 heterocycles. The van der Waals surface area contributed by atoms with E-state index in [0.717, 1.165) is 0 Å². The minimum absolute atomic E-state index is 0.0642. The fraction of sp³-hybridized carbons (Fsp3) is 0.240. The first kappa shape index (κ1) is 21.5. The highest BCUT2D eigenvalue weighted by Gasteiger charge is 2.31. The van der Waals surface area contributed by atoms with Crippen molar-refractivity contribution in [3.63, 3.8) is 0 Å². The smallest absolute Gasteiger partial charge is 0.204 e. The van der Waals surface area contributed by atoms with Gasteiger partial charge < -0.3 is 29.6 Å². The monoisotopic (exact) mass is 436 g/mol. The minimum atomic E-state index is -0.913. The third-order valence-electron chi connectivity index (χ3n) is 5.55. The second kappa shape index (κ2) is 7.46. The van der Waals surface area contributed by atoms with Gasteiger partial charge >= 0.3 is 0 Å². The number of aliphatic hydroxyl groups is 1. The second-order valence-corrected chi connectivity index (χ2v) is 8.56. The number of phenols is 3. The lowest BCUT2D eigenvalue weighted by molar-refractivity contribution is 0.153. The van der Waals surface area contributed by atoms with Gasteiger partial charge in [0.15, 0.2) is 11.5 Å². The normalized spacial score (nSPS) is 15.2. The molecule has 1 aliphatic heterocycles. The number of rotatable bonds is 4. The Morgan fingerprint density at radius 1 is 1.19 bits per heavy atom. The van der Waals surface area contributed by atoms with Crippen molar-refractivity contribution in [2.75, 3.05) is 0 Å². The van der Waals surface area contributed by atoms with Gasteiger partial charge in [0.2, 0.25) is 5.43 Å². The predicted molar refractivity (Wildman–Crippen MR) is 121 cm³/mol. The molecule has 4 rings (SSSR count). The quantitative estimate of drug-likeness (QED) is 0.357. The van der Waals surface area contributed by atoms with Gasteiger partial charge in [-0.2, -0.15) is 0 Å². The van der Waals surface area contributed by atoms with Crippen LogP contribution in [0.15, 0.2) is 51.9 Å². The molecule has 3 aromatic rings. The molecule has 7 nitrogen and oxygen atoms in total. The number of hydrogen-bond acceptors (Lipinski definition) is 7. The summed E-state index contributed by atoms with van der Waals surface area (Å²) in [6.07, 6.45) is 3.83. The summed E-state index contributed by atoms with van der Waals surface area (Å²) in [6, 6.07) is 3.95. The maximum atomic E-state index is 13.4. The fourth-order valence-electron chi connectivity index (χ4n) is 3.71. The first-order valence-electron chi connectivity index (χ1n) is 10.1. The first-order chi connectivity index (χ1) is 15.0. The molecule has 0 saturated carbocycles. The standard InChI is InChI=1S/C25H24O7/c1-12(2)18(27)10-15-23-14(7-8-25(3,4)32-23)21(29)20-22(30)16(11-31-24(15)20)13-5-6-17(26)19(28)9-13/h5-9,11,18,26-29H,1,10H2,2-4H3. The number of phenolic OH excluding ortho intramolecular Hbond substituents is 3. The van der Waals surface area contributed by atoms with Crippen LogP contribution in [0.2, 0.25) is 0 Å². The molecule has 7 heteroatoms. The molecule has 1 aliphatic rings. The van der Waals surface area contributed by atoms with Crippen molar-refractivity contribution >= 4 is 17.0 Å². The van der Waals surface area contributed by atoms with Gasteiger partial charge in [-0.05, 0) is 50.6 Å². The minimum Gasteiger partial charge on any atom is -0.506 e. The summed E-state index contributed by atoms with van der Waals surface area (Å²) in [5.41, 5.74) is 0.603. The lowest BCUT2D eigenvalue weighted by Gasteiger charge is -2.30. The molecule has 0 saturated heterocycles. The maximum absolute atomic E-state index is 13.4. The number of benzene rings is 2. The molecule has 0 fully saturated rings. The van der Waals surface area contributed by atoms with Crippen molar-refractivity contribution in [1.82, 2.24) is 0 Å². The topological polar surface area (TPSA) is 120 Å². The van der Waals surface area contributed by atoms with Crippen molar-refractivity contribution < 1.29 is 29.6 Å². The Labute approximate surface area is 184 Å². The lowest BCUT2D eigenvalue weighted by atomic mass is 9.92. The van der Waals surface area contributed by atoms with Crippen molar-refractivity contribution in [2.45, 2.75) is 38.9 Å². The summed E-state index contributed by atoms with van der Waals surface area (Å²) in [7, 11) is 0. The van der Waals surface area contributed by atoms with Crippen molar-refractivity contribution in [3.8, 4) is 34.1 Å². The molecular weight excluding hydrogens is 412 g/mol. The van der Waals surface area contributed by atoms with E-state index in [1.165, 1.54) is 24.5 Å². The maximum Gasteiger partial charge on any atom is 0.204 e. The Morgan fingerprint density at radius 2 is 1.91 bits per heavy atom. The van der Waals surface area contributed by atoms with Gasteiger partial charge in [-0.1, -0.05) is 18.2 Å². The van der Waals surface area contributed by atoms with E-state index in [1.807, 2.05) is 13.8 Å². The van der Waals surface area contributed by atoms with Crippen LogP contribution in [0.4, 0.5) is 0 Å². The van der Waals surface area contributed by atoms with Gasteiger partial charge in [0, 0.05) is 12.0 Å². The zero-order valence-electron chi connectivity index (χ0n) is 18.0. The number of aliphatic hydroxyl groups excluding tert-OH is 1. The SMILES string of the molecule is C=C(C)C(O)Cc1c2c(c(O)c3c(=O)c(-c4ccc(O)c(O)c4)coc13)C=CC(C)(C)O2. The van der Waals surface area contributed by atoms with Gasteiger partial charge in [0.1, 0.15) is 34.3 Å². The van der Waals surface area contributed by atoms with Gasteiger partial charge in [0.25, 0.3) is 0 Å². The molecule has 1 aromatic heterocycles. The van der Waals surface area contributed by atoms with E-state index in [-0.39, 0.29) is 40.2 Å². The van der Waals surface area contributed by atoms with Crippen molar-refractivity contribution in [2.24, 2.45) is 0 Å². The van der Waals surface area contributed by atoms with Crippen LogP contribution in [0.3, 0.4) is 0 Å². The van der Waals surface area contributed by atoms with Crippen LogP contribution in [0.1, 0.15) is 31.9 Å². The fourth-order valence-corrected chi connectivity index (χ4v) is 3.71. The van der Waals surface area contributed by atoms with E-state index in [9.17, 15) is 25.2 Å². The number of ether oxygens (including phenoxy) is 1. The predicted octanol–water partition coefficient (Wildman–Crippen LogP) is 4.24. The Kier molecular flexibility index (Phi) is 5.02. The van der Waals surface area contributed by atoms with Crippen LogP contribution in [0.25, 0.3) is 28.2 Å². The summed E-state index contributed by atoms with van der Waals surface area (Å²) in [5, 5.41) is 40.9. The van der Waals surface area contributed by atoms with Gasteiger partial charge in [0.05, 0.1) is 17.2 Å². The van der Waals surface area contributed by atoms with E-state index in [0.29, 0.717) is 28.0 Å². The van der Waals surface area contributed by atoms with E-state index in [1.54, 1.807) is 19.1 Å². The number of hydrogen-bond donors (Lipinski definition) is 4. The highest BCUT2D eigenvalue weighted by Crippen LogP contribution is 2.45. The van der Waals surface area contributed by atoms with Gasteiger partial charge in [-0.15, -0.1) is 0 Å². The summed E-state index contributed by atoms with van der Waals surface area (Å²) in [6.45, 7) is 9.18. The molecular formula is C25H24O7. The third kappa shape index (κ3) is 3.50. The molecule has 0 aliphatic carbocycles. The highest BCUT2D eigenvalue weighted by molar-refractivity contribution is 5.95. The van der Waals surface area contributed by atoms with E-state index >= 15 is 0 Å². The average Bonchev–Trinajstić information content (AvgIpc) is 2.72.